The smallest absolute Gasteiger partial charge is 0.269 e. The summed E-state index contributed by atoms with van der Waals surface area (Å²) in [4.78, 5) is 15.7. The molecular weight excluding hydrogens is 254 g/mol. The van der Waals surface area contributed by atoms with Gasteiger partial charge in [0.2, 0.25) is 0 Å². The molecule has 0 atom stereocenters. The second kappa shape index (κ2) is 4.75. The van der Waals surface area contributed by atoms with Crippen LogP contribution in [0, 0.1) is 0 Å². The molecule has 0 saturated carbocycles. The minimum Gasteiger partial charge on any atom is -0.364 e. The van der Waals surface area contributed by atoms with Crippen LogP contribution in [0.1, 0.15) is 16.1 Å². The van der Waals surface area contributed by atoms with Gasteiger partial charge < -0.3 is 11.5 Å². The summed E-state index contributed by atoms with van der Waals surface area (Å²) < 4.78 is 1.52. The number of hydrogen-bond donors (Lipinski definition) is 2. The molecule has 1 aromatic carbocycles. The number of benzene rings is 1. The van der Waals surface area contributed by atoms with Crippen LogP contribution < -0.4 is 11.5 Å². The summed E-state index contributed by atoms with van der Waals surface area (Å²) in [6.07, 6.45) is 1.65. The first kappa shape index (κ1) is 12.3. The van der Waals surface area contributed by atoms with Crippen molar-refractivity contribution in [2.24, 2.45) is 11.5 Å². The highest BCUT2D eigenvalue weighted by Gasteiger charge is 2.11. The molecule has 20 heavy (non-hydrogen) atoms. The van der Waals surface area contributed by atoms with Gasteiger partial charge in [-0.05, 0) is 18.2 Å². The van der Waals surface area contributed by atoms with Crippen LogP contribution in [0.3, 0.4) is 0 Å². The zero-order chi connectivity index (χ0) is 14.1. The molecule has 4 N–H and O–H groups in total. The molecule has 0 aliphatic carbocycles. The van der Waals surface area contributed by atoms with Crippen molar-refractivity contribution in [3.63, 3.8) is 0 Å². The van der Waals surface area contributed by atoms with Crippen LogP contribution in [0.15, 0.2) is 42.6 Å². The summed E-state index contributed by atoms with van der Waals surface area (Å²) in [6, 6.07) is 11.3. The van der Waals surface area contributed by atoms with E-state index >= 15 is 0 Å². The number of aromatic nitrogens is 3. The number of amides is 1. The highest BCUT2D eigenvalue weighted by atomic mass is 16.1. The van der Waals surface area contributed by atoms with Crippen molar-refractivity contribution in [2.45, 2.75) is 6.54 Å². The molecule has 0 aliphatic rings. The Morgan fingerprint density at radius 2 is 2.05 bits per heavy atom. The number of nitrogens with zero attached hydrogens (tertiary/aromatic N) is 3. The lowest BCUT2D eigenvalue weighted by Gasteiger charge is -2.08. The Kier molecular flexibility index (Phi) is 2.92. The van der Waals surface area contributed by atoms with Gasteiger partial charge in [0, 0.05) is 23.7 Å². The predicted molar refractivity (Wildman–Crippen MR) is 75.3 cm³/mol. The first-order valence-corrected chi connectivity index (χ1v) is 6.13. The van der Waals surface area contributed by atoms with E-state index in [9.17, 15) is 4.79 Å². The number of para-hydroxylation sites is 1. The number of hydrogen-bond acceptors (Lipinski definition) is 4. The minimum atomic E-state index is -0.571. The second-order valence-corrected chi connectivity index (χ2v) is 4.38. The fourth-order valence-electron chi connectivity index (χ4n) is 2.07. The Morgan fingerprint density at radius 1 is 1.25 bits per heavy atom. The number of rotatable bonds is 3. The van der Waals surface area contributed by atoms with E-state index in [0.29, 0.717) is 12.4 Å². The first-order chi connectivity index (χ1) is 9.69. The molecule has 0 radical (unpaired) electrons. The molecule has 1 amide bonds. The van der Waals surface area contributed by atoms with Gasteiger partial charge in [-0.3, -0.25) is 4.79 Å². The zero-order valence-electron chi connectivity index (χ0n) is 10.7. The van der Waals surface area contributed by atoms with Gasteiger partial charge in [-0.25, -0.2) is 9.67 Å². The third-order valence-corrected chi connectivity index (χ3v) is 3.06. The van der Waals surface area contributed by atoms with Crippen LogP contribution in [-0.2, 0) is 6.54 Å². The number of carbonyl (C=O) groups is 1. The lowest BCUT2D eigenvalue weighted by molar-refractivity contribution is 0.0995. The highest BCUT2D eigenvalue weighted by molar-refractivity contribution is 5.90. The molecule has 3 aromatic rings. The summed E-state index contributed by atoms with van der Waals surface area (Å²) in [7, 11) is 0. The van der Waals surface area contributed by atoms with E-state index in [1.165, 1.54) is 4.68 Å². The van der Waals surface area contributed by atoms with E-state index in [1.807, 2.05) is 30.3 Å². The SMILES string of the molecule is NCc1cc2ccccc2nc1-n1ccc(C(N)=O)n1. The summed E-state index contributed by atoms with van der Waals surface area (Å²) in [5.74, 6) is 0.0394. The number of fused-ring (bicyclic) bond motifs is 1. The summed E-state index contributed by atoms with van der Waals surface area (Å²) in [5.41, 5.74) is 12.9. The molecule has 0 bridgehead atoms. The zero-order valence-corrected chi connectivity index (χ0v) is 10.7. The third-order valence-electron chi connectivity index (χ3n) is 3.06. The molecule has 2 heterocycles. The summed E-state index contributed by atoms with van der Waals surface area (Å²) in [5, 5.41) is 5.13. The van der Waals surface area contributed by atoms with Gasteiger partial charge >= 0.3 is 0 Å². The van der Waals surface area contributed by atoms with Crippen LogP contribution in [0.5, 0.6) is 0 Å². The lowest BCUT2D eigenvalue weighted by atomic mass is 10.1. The molecule has 0 saturated heterocycles. The van der Waals surface area contributed by atoms with Gasteiger partial charge in [0.25, 0.3) is 5.91 Å². The van der Waals surface area contributed by atoms with Gasteiger partial charge in [-0.2, -0.15) is 5.10 Å². The molecule has 3 rings (SSSR count). The van der Waals surface area contributed by atoms with E-state index < -0.39 is 5.91 Å². The predicted octanol–water partition coefficient (Wildman–Crippen LogP) is 0.978. The molecular formula is C14H13N5O. The van der Waals surface area contributed by atoms with Crippen molar-refractivity contribution in [1.82, 2.24) is 14.8 Å². The molecule has 2 aromatic heterocycles. The number of carbonyl (C=O) groups excluding carboxylic acids is 1. The van der Waals surface area contributed by atoms with Gasteiger partial charge in [0.1, 0.15) is 5.69 Å². The molecule has 6 nitrogen and oxygen atoms in total. The Hall–Kier alpha value is -2.73. The number of pyridine rings is 1. The van der Waals surface area contributed by atoms with E-state index in [4.69, 9.17) is 11.5 Å². The molecule has 0 aliphatic heterocycles. The van der Waals surface area contributed by atoms with Crippen LogP contribution in [0.4, 0.5) is 0 Å². The summed E-state index contributed by atoms with van der Waals surface area (Å²) >= 11 is 0. The second-order valence-electron chi connectivity index (χ2n) is 4.38. The molecule has 6 heteroatoms. The largest absolute Gasteiger partial charge is 0.364 e. The molecule has 0 fully saturated rings. The van der Waals surface area contributed by atoms with Gasteiger partial charge in [-0.1, -0.05) is 18.2 Å². The Bertz CT molecular complexity index is 793. The first-order valence-electron chi connectivity index (χ1n) is 6.13. The number of nitrogens with two attached hydrogens (primary N) is 2. The average molecular weight is 267 g/mol. The molecule has 0 spiro atoms. The lowest BCUT2D eigenvalue weighted by Crippen LogP contribution is -2.13. The Morgan fingerprint density at radius 3 is 2.75 bits per heavy atom. The van der Waals surface area contributed by atoms with Gasteiger partial charge in [0.15, 0.2) is 5.82 Å². The minimum absolute atomic E-state index is 0.197. The maximum Gasteiger partial charge on any atom is 0.269 e. The van der Waals surface area contributed by atoms with E-state index in [-0.39, 0.29) is 5.69 Å². The quantitative estimate of drug-likeness (QED) is 0.738. The van der Waals surface area contributed by atoms with Crippen LogP contribution >= 0.6 is 0 Å². The van der Waals surface area contributed by atoms with Crippen molar-refractivity contribution in [3.05, 3.63) is 53.9 Å². The standard InChI is InChI=1S/C14H13N5O/c15-8-10-7-9-3-1-2-4-11(9)17-14(10)19-6-5-12(18-19)13(16)20/h1-7H,8,15H2,(H2,16,20). The van der Waals surface area contributed by atoms with Crippen molar-refractivity contribution >= 4 is 16.8 Å². The van der Waals surface area contributed by atoms with Gasteiger partial charge in [0.05, 0.1) is 5.52 Å². The van der Waals surface area contributed by atoms with Crippen molar-refractivity contribution < 1.29 is 4.79 Å². The summed E-state index contributed by atoms with van der Waals surface area (Å²) in [6.45, 7) is 0.332. The third kappa shape index (κ3) is 2.02. The van der Waals surface area contributed by atoms with Crippen LogP contribution in [0.25, 0.3) is 16.7 Å². The number of primary amides is 1. The maximum atomic E-state index is 11.1. The molecule has 0 unspecified atom stereocenters. The fraction of sp³-hybridized carbons (Fsp3) is 0.0714. The van der Waals surface area contributed by atoms with E-state index in [0.717, 1.165) is 16.5 Å². The van der Waals surface area contributed by atoms with Crippen molar-refractivity contribution in [3.8, 4) is 5.82 Å². The van der Waals surface area contributed by atoms with E-state index in [1.54, 1.807) is 12.3 Å². The topological polar surface area (TPSA) is 99.8 Å². The van der Waals surface area contributed by atoms with Crippen molar-refractivity contribution in [2.75, 3.05) is 0 Å². The van der Waals surface area contributed by atoms with E-state index in [2.05, 4.69) is 10.1 Å². The Labute approximate surface area is 115 Å². The van der Waals surface area contributed by atoms with Crippen LogP contribution in [-0.4, -0.2) is 20.7 Å². The van der Waals surface area contributed by atoms with Gasteiger partial charge in [-0.15, -0.1) is 0 Å². The monoisotopic (exact) mass is 267 g/mol. The van der Waals surface area contributed by atoms with Crippen LogP contribution in [0.2, 0.25) is 0 Å². The maximum absolute atomic E-state index is 11.1. The highest BCUT2D eigenvalue weighted by Crippen LogP contribution is 2.19. The molecule has 100 valence electrons. The fourth-order valence-corrected chi connectivity index (χ4v) is 2.07. The van der Waals surface area contributed by atoms with Crippen molar-refractivity contribution in [1.29, 1.82) is 0 Å². The average Bonchev–Trinajstić information content (AvgIpc) is 2.95. The Balaban J connectivity index is 2.20. The normalized spacial score (nSPS) is 10.8.